The summed E-state index contributed by atoms with van der Waals surface area (Å²) in [5, 5.41) is 0. The molecule has 2 aromatic rings. The highest BCUT2D eigenvalue weighted by Crippen LogP contribution is 2.17. The topological polar surface area (TPSA) is 58.2 Å². The average molecular weight is 329 g/mol. The molecule has 3 rings (SSSR count). The van der Waals surface area contributed by atoms with E-state index in [1.807, 2.05) is 36.2 Å². The van der Waals surface area contributed by atoms with E-state index in [2.05, 4.69) is 9.97 Å². The molecule has 0 unspecified atom stereocenters. The lowest BCUT2D eigenvalue weighted by Gasteiger charge is -2.23. The van der Waals surface area contributed by atoms with Crippen LogP contribution in [0.4, 0.5) is 0 Å². The second-order valence-electron chi connectivity index (χ2n) is 6.65. The van der Waals surface area contributed by atoms with Gasteiger partial charge in [0.2, 0.25) is 5.91 Å². The summed E-state index contributed by atoms with van der Waals surface area (Å²) >= 11 is 0. The summed E-state index contributed by atoms with van der Waals surface area (Å²) in [6.45, 7) is 1.62. The van der Waals surface area contributed by atoms with Gasteiger partial charge in [0.1, 0.15) is 5.82 Å². The third-order valence-corrected chi connectivity index (χ3v) is 4.73. The number of aromatic amines is 1. The first-order valence-corrected chi connectivity index (χ1v) is 9.01. The molecule has 0 spiro atoms. The maximum atomic E-state index is 12.2. The molecule has 5 heteroatoms. The Labute approximate surface area is 143 Å². The van der Waals surface area contributed by atoms with Gasteiger partial charge in [-0.2, -0.15) is 0 Å². The van der Waals surface area contributed by atoms with E-state index < -0.39 is 0 Å². The molecule has 1 aliphatic heterocycles. The zero-order chi connectivity index (χ0) is 16.8. The highest BCUT2D eigenvalue weighted by atomic mass is 16.5. The number of aryl methyl sites for hydroxylation is 1. The SMILES string of the molecule is CN(CCCc1nc2ccccc2[nH]1)C(=O)CC[C@H]1CCCCO1. The van der Waals surface area contributed by atoms with E-state index >= 15 is 0 Å². The number of nitrogens with zero attached hydrogens (tertiary/aromatic N) is 2. The molecule has 1 atom stereocenters. The summed E-state index contributed by atoms with van der Waals surface area (Å²) in [4.78, 5) is 22.0. The van der Waals surface area contributed by atoms with E-state index in [0.717, 1.165) is 62.1 Å². The largest absolute Gasteiger partial charge is 0.378 e. The van der Waals surface area contributed by atoms with Gasteiger partial charge < -0.3 is 14.6 Å². The van der Waals surface area contributed by atoms with Crippen molar-refractivity contribution in [2.75, 3.05) is 20.2 Å². The molecule has 1 N–H and O–H groups in total. The Kier molecular flexibility index (Phi) is 5.86. The predicted octanol–water partition coefficient (Wildman–Crippen LogP) is 3.30. The fourth-order valence-corrected chi connectivity index (χ4v) is 3.24. The van der Waals surface area contributed by atoms with Gasteiger partial charge in [0.15, 0.2) is 0 Å². The lowest BCUT2D eigenvalue weighted by molar-refractivity contribution is -0.131. The zero-order valence-electron chi connectivity index (χ0n) is 14.5. The second-order valence-corrected chi connectivity index (χ2v) is 6.65. The van der Waals surface area contributed by atoms with Crippen LogP contribution in [0.5, 0.6) is 0 Å². The lowest BCUT2D eigenvalue weighted by Crippen LogP contribution is -2.29. The molecule has 0 saturated carbocycles. The Hall–Kier alpha value is -1.88. The molecule has 5 nitrogen and oxygen atoms in total. The van der Waals surface area contributed by atoms with Crippen LogP contribution in [0, 0.1) is 0 Å². The molecule has 2 heterocycles. The molecule has 0 aliphatic carbocycles. The van der Waals surface area contributed by atoms with Gasteiger partial charge in [0.05, 0.1) is 17.1 Å². The molecule has 0 radical (unpaired) electrons. The second kappa shape index (κ2) is 8.29. The molecular weight excluding hydrogens is 302 g/mol. The van der Waals surface area contributed by atoms with E-state index in [0.29, 0.717) is 6.42 Å². The summed E-state index contributed by atoms with van der Waals surface area (Å²) in [5.74, 6) is 1.21. The number of para-hydroxylation sites is 2. The Morgan fingerprint density at radius 1 is 1.38 bits per heavy atom. The zero-order valence-corrected chi connectivity index (χ0v) is 14.5. The van der Waals surface area contributed by atoms with Crippen molar-refractivity contribution in [2.24, 2.45) is 0 Å². The van der Waals surface area contributed by atoms with Gasteiger partial charge in [0, 0.05) is 33.0 Å². The molecule has 1 aromatic heterocycles. The summed E-state index contributed by atoms with van der Waals surface area (Å²) in [6.07, 6.45) is 6.99. The smallest absolute Gasteiger partial charge is 0.222 e. The van der Waals surface area contributed by atoms with Gasteiger partial charge >= 0.3 is 0 Å². The van der Waals surface area contributed by atoms with Crippen molar-refractivity contribution in [1.29, 1.82) is 0 Å². The third kappa shape index (κ3) is 4.57. The van der Waals surface area contributed by atoms with Gasteiger partial charge in [-0.3, -0.25) is 4.79 Å². The van der Waals surface area contributed by atoms with Crippen LogP contribution in [0.25, 0.3) is 11.0 Å². The first kappa shape index (κ1) is 17.0. The Bertz CT molecular complexity index is 628. The van der Waals surface area contributed by atoms with Crippen molar-refractivity contribution in [3.63, 3.8) is 0 Å². The van der Waals surface area contributed by atoms with Gasteiger partial charge in [-0.1, -0.05) is 12.1 Å². The van der Waals surface area contributed by atoms with E-state index in [4.69, 9.17) is 4.74 Å². The van der Waals surface area contributed by atoms with Crippen LogP contribution in [0.2, 0.25) is 0 Å². The lowest BCUT2D eigenvalue weighted by atomic mass is 10.0. The maximum Gasteiger partial charge on any atom is 0.222 e. The van der Waals surface area contributed by atoms with Crippen molar-refractivity contribution in [2.45, 2.75) is 51.0 Å². The minimum absolute atomic E-state index is 0.216. The number of carbonyl (C=O) groups excluding carboxylic acids is 1. The predicted molar refractivity (Wildman–Crippen MR) is 94.9 cm³/mol. The van der Waals surface area contributed by atoms with Crippen LogP contribution < -0.4 is 0 Å². The van der Waals surface area contributed by atoms with Crippen LogP contribution in [0.15, 0.2) is 24.3 Å². The number of hydrogen-bond acceptors (Lipinski definition) is 3. The minimum Gasteiger partial charge on any atom is -0.378 e. The standard InChI is InChI=1S/C19H27N3O2/c1-22(19(23)12-11-15-7-4-5-14-24-15)13-6-10-18-20-16-8-2-3-9-17(16)21-18/h2-3,8-9,15H,4-7,10-14H2,1H3,(H,20,21)/t15-/m1/s1. The summed E-state index contributed by atoms with van der Waals surface area (Å²) in [7, 11) is 1.89. The van der Waals surface area contributed by atoms with Crippen LogP contribution in [0.3, 0.4) is 0 Å². The van der Waals surface area contributed by atoms with Crippen molar-refractivity contribution >= 4 is 16.9 Å². The molecule has 1 saturated heterocycles. The summed E-state index contributed by atoms with van der Waals surface area (Å²) in [5.41, 5.74) is 2.08. The summed E-state index contributed by atoms with van der Waals surface area (Å²) in [6, 6.07) is 8.05. The molecular formula is C19H27N3O2. The van der Waals surface area contributed by atoms with E-state index in [-0.39, 0.29) is 12.0 Å². The number of hydrogen-bond donors (Lipinski definition) is 1. The molecule has 1 aromatic carbocycles. The van der Waals surface area contributed by atoms with Gasteiger partial charge in [-0.15, -0.1) is 0 Å². The number of fused-ring (bicyclic) bond motifs is 1. The summed E-state index contributed by atoms with van der Waals surface area (Å²) < 4.78 is 5.69. The molecule has 24 heavy (non-hydrogen) atoms. The van der Waals surface area contributed by atoms with E-state index in [1.54, 1.807) is 0 Å². The Morgan fingerprint density at radius 2 is 2.25 bits per heavy atom. The van der Waals surface area contributed by atoms with Gasteiger partial charge in [-0.05, 0) is 44.2 Å². The number of carbonyl (C=O) groups is 1. The van der Waals surface area contributed by atoms with Crippen molar-refractivity contribution in [3.8, 4) is 0 Å². The molecule has 130 valence electrons. The van der Waals surface area contributed by atoms with Crippen LogP contribution >= 0.6 is 0 Å². The fraction of sp³-hybridized carbons (Fsp3) is 0.579. The third-order valence-electron chi connectivity index (χ3n) is 4.73. The Morgan fingerprint density at radius 3 is 3.04 bits per heavy atom. The molecule has 1 amide bonds. The number of nitrogens with one attached hydrogen (secondary N) is 1. The van der Waals surface area contributed by atoms with Crippen molar-refractivity contribution in [1.82, 2.24) is 14.9 Å². The monoisotopic (exact) mass is 329 g/mol. The van der Waals surface area contributed by atoms with Gasteiger partial charge in [0.25, 0.3) is 0 Å². The quantitative estimate of drug-likeness (QED) is 0.848. The normalized spacial score (nSPS) is 18.0. The van der Waals surface area contributed by atoms with Crippen LogP contribution in [-0.4, -0.2) is 47.1 Å². The number of rotatable bonds is 7. The van der Waals surface area contributed by atoms with Crippen LogP contribution in [0.1, 0.15) is 44.3 Å². The van der Waals surface area contributed by atoms with Crippen molar-refractivity contribution < 1.29 is 9.53 Å². The number of amides is 1. The number of ether oxygens (including phenoxy) is 1. The first-order valence-electron chi connectivity index (χ1n) is 9.01. The molecule has 0 bridgehead atoms. The van der Waals surface area contributed by atoms with E-state index in [1.165, 1.54) is 6.42 Å². The highest BCUT2D eigenvalue weighted by molar-refractivity contribution is 5.76. The van der Waals surface area contributed by atoms with Crippen LogP contribution in [-0.2, 0) is 16.0 Å². The maximum absolute atomic E-state index is 12.2. The number of aromatic nitrogens is 2. The molecule has 1 fully saturated rings. The van der Waals surface area contributed by atoms with Gasteiger partial charge in [-0.25, -0.2) is 4.98 Å². The average Bonchev–Trinajstić information content (AvgIpc) is 3.03. The van der Waals surface area contributed by atoms with E-state index in [9.17, 15) is 4.79 Å². The van der Waals surface area contributed by atoms with Crippen molar-refractivity contribution in [3.05, 3.63) is 30.1 Å². The highest BCUT2D eigenvalue weighted by Gasteiger charge is 2.17. The minimum atomic E-state index is 0.216. The molecule has 1 aliphatic rings. The number of benzene rings is 1. The Balaban J connectivity index is 1.38. The number of H-pyrrole nitrogens is 1. The first-order chi connectivity index (χ1) is 11.7. The number of imidazole rings is 1. The fourth-order valence-electron chi connectivity index (χ4n) is 3.24.